The van der Waals surface area contributed by atoms with Crippen LogP contribution in [0.1, 0.15) is 85.5 Å². The van der Waals surface area contributed by atoms with Crippen molar-refractivity contribution < 1.29 is 34.1 Å². The Hall–Kier alpha value is -2.06. The minimum absolute atomic E-state index is 0.00389. The van der Waals surface area contributed by atoms with E-state index in [9.17, 15) is 29.4 Å². The molecule has 8 heteroatoms. The Labute approximate surface area is 219 Å². The van der Waals surface area contributed by atoms with Gasteiger partial charge in [0.05, 0.1) is 12.5 Å². The van der Waals surface area contributed by atoms with E-state index in [4.69, 9.17) is 4.74 Å². The summed E-state index contributed by atoms with van der Waals surface area (Å²) in [6.07, 6.45) is 5.04. The summed E-state index contributed by atoms with van der Waals surface area (Å²) in [5.41, 5.74) is -1.60. The molecule has 8 nitrogen and oxygen atoms in total. The number of hydrogen-bond donors (Lipinski definition) is 3. The zero-order chi connectivity index (χ0) is 27.2. The number of fused-ring (bicyclic) bond motifs is 5. The summed E-state index contributed by atoms with van der Waals surface area (Å²) in [5, 5.41) is 25.9. The molecule has 4 aliphatic carbocycles. The number of esters is 1. The van der Waals surface area contributed by atoms with Crippen molar-refractivity contribution in [2.24, 2.45) is 34.5 Å². The summed E-state index contributed by atoms with van der Waals surface area (Å²) >= 11 is 0. The highest BCUT2D eigenvalue weighted by molar-refractivity contribution is 5.92. The van der Waals surface area contributed by atoms with Gasteiger partial charge in [0.2, 0.25) is 11.7 Å². The van der Waals surface area contributed by atoms with Crippen molar-refractivity contribution in [3.8, 4) is 0 Å². The Morgan fingerprint density at radius 2 is 1.86 bits per heavy atom. The lowest BCUT2D eigenvalue weighted by atomic mass is 9.45. The monoisotopic (exact) mass is 517 g/mol. The number of hydrogen-bond acceptors (Lipinski definition) is 7. The van der Waals surface area contributed by atoms with Crippen molar-refractivity contribution >= 4 is 23.4 Å². The van der Waals surface area contributed by atoms with E-state index in [1.807, 2.05) is 20.8 Å². The van der Waals surface area contributed by atoms with Crippen LogP contribution in [0.5, 0.6) is 0 Å². The summed E-state index contributed by atoms with van der Waals surface area (Å²) in [4.78, 5) is 49.4. The Morgan fingerprint density at radius 3 is 2.57 bits per heavy atom. The van der Waals surface area contributed by atoms with Crippen LogP contribution in [0.15, 0.2) is 11.6 Å². The van der Waals surface area contributed by atoms with Crippen LogP contribution in [0, 0.1) is 34.5 Å². The molecule has 0 aromatic heterocycles. The molecule has 3 saturated carbocycles. The fourth-order valence-corrected chi connectivity index (χ4v) is 8.11. The molecule has 3 N–H and O–H groups in total. The first-order valence-corrected chi connectivity index (χ1v) is 13.9. The lowest BCUT2D eigenvalue weighted by molar-refractivity contribution is -0.184. The molecule has 0 heterocycles. The molecule has 3 fully saturated rings. The summed E-state index contributed by atoms with van der Waals surface area (Å²) in [5.74, 6) is -0.749. The number of ether oxygens (including phenoxy) is 1. The lowest BCUT2D eigenvalue weighted by Crippen LogP contribution is -2.62. The third kappa shape index (κ3) is 4.91. The molecule has 4 rings (SSSR count). The van der Waals surface area contributed by atoms with Gasteiger partial charge in [0, 0.05) is 24.8 Å². The van der Waals surface area contributed by atoms with Gasteiger partial charge in [0.1, 0.15) is 5.60 Å². The number of allylic oxidation sites excluding steroid dienone is 1. The second kappa shape index (κ2) is 10.3. The minimum atomic E-state index is -1.68. The SMILES string of the molecule is CC(C)CNC(=O)CCC(=O)OCC(=O)[C@@]1(O)CC[C@@H]2[C@@H]3CCC4=CC(=O)CC[C@]4(C)[C@H]3[C@H](O)C[C@@]21C. The molecule has 206 valence electrons. The average molecular weight is 518 g/mol. The number of rotatable bonds is 8. The minimum Gasteiger partial charge on any atom is -0.458 e. The Bertz CT molecular complexity index is 989. The topological polar surface area (TPSA) is 130 Å². The maximum Gasteiger partial charge on any atom is 0.306 e. The van der Waals surface area contributed by atoms with Crippen LogP contribution in [0.3, 0.4) is 0 Å². The van der Waals surface area contributed by atoms with Crippen molar-refractivity contribution in [2.75, 3.05) is 13.2 Å². The molecular weight excluding hydrogens is 474 g/mol. The number of amides is 1. The van der Waals surface area contributed by atoms with Gasteiger partial charge >= 0.3 is 5.97 Å². The highest BCUT2D eigenvalue weighted by Crippen LogP contribution is 2.67. The van der Waals surface area contributed by atoms with Crippen molar-refractivity contribution in [2.45, 2.75) is 97.2 Å². The molecule has 37 heavy (non-hydrogen) atoms. The van der Waals surface area contributed by atoms with Crippen molar-refractivity contribution in [1.82, 2.24) is 5.32 Å². The Kier molecular flexibility index (Phi) is 7.75. The number of aliphatic hydroxyl groups excluding tert-OH is 1. The molecule has 7 atom stereocenters. The standard InChI is InChI=1S/C29H43NO7/c1-17(2)15-30-24(34)7-8-25(35)37-16-23(33)29(36)12-10-21-20-6-5-18-13-19(31)9-11-27(18,3)26(20)22(32)14-28(21,29)4/h13,17,20-22,26,32,36H,5-12,14-16H2,1-4H3,(H,30,34)/t20-,21+,22+,26+,27-,28-,29-/m0/s1. The Balaban J connectivity index is 1.41. The van der Waals surface area contributed by atoms with E-state index in [1.165, 1.54) is 0 Å². The number of aliphatic hydroxyl groups is 2. The Morgan fingerprint density at radius 1 is 1.14 bits per heavy atom. The fourth-order valence-electron chi connectivity index (χ4n) is 8.11. The van der Waals surface area contributed by atoms with Gasteiger partial charge in [-0.25, -0.2) is 0 Å². The molecule has 1 amide bonds. The van der Waals surface area contributed by atoms with Crippen LogP contribution in [-0.4, -0.2) is 58.5 Å². The largest absolute Gasteiger partial charge is 0.458 e. The van der Waals surface area contributed by atoms with E-state index in [0.29, 0.717) is 31.7 Å². The van der Waals surface area contributed by atoms with Gasteiger partial charge in [-0.15, -0.1) is 0 Å². The maximum atomic E-state index is 13.3. The zero-order valence-electron chi connectivity index (χ0n) is 22.7. The molecule has 0 radical (unpaired) electrons. The second-order valence-corrected chi connectivity index (χ2v) is 12.8. The number of Topliss-reactive ketones (excluding diaryl/α,β-unsaturated/α-hetero) is 1. The quantitative estimate of drug-likeness (QED) is 0.422. The lowest BCUT2D eigenvalue weighted by Gasteiger charge is -2.60. The average Bonchev–Trinajstić information content (AvgIpc) is 3.11. The van der Waals surface area contributed by atoms with E-state index in [-0.39, 0.29) is 54.1 Å². The highest BCUT2D eigenvalue weighted by Gasteiger charge is 2.68. The fraction of sp³-hybridized carbons (Fsp3) is 0.793. The summed E-state index contributed by atoms with van der Waals surface area (Å²) in [6, 6.07) is 0. The van der Waals surface area contributed by atoms with Gasteiger partial charge in [-0.2, -0.15) is 0 Å². The predicted molar refractivity (Wildman–Crippen MR) is 136 cm³/mol. The van der Waals surface area contributed by atoms with Crippen LogP contribution in [0.25, 0.3) is 0 Å². The van der Waals surface area contributed by atoms with E-state index >= 15 is 0 Å². The van der Waals surface area contributed by atoms with E-state index in [1.54, 1.807) is 6.08 Å². The van der Waals surface area contributed by atoms with Gasteiger partial charge in [-0.05, 0) is 73.7 Å². The van der Waals surface area contributed by atoms with Crippen LogP contribution in [0.2, 0.25) is 0 Å². The normalized spacial score (nSPS) is 38.8. The molecule has 4 aliphatic rings. The van der Waals surface area contributed by atoms with Crippen LogP contribution in [0.4, 0.5) is 0 Å². The summed E-state index contributed by atoms with van der Waals surface area (Å²) < 4.78 is 5.18. The third-order valence-electron chi connectivity index (χ3n) is 10.1. The molecular formula is C29H43NO7. The van der Waals surface area contributed by atoms with Gasteiger partial charge in [0.15, 0.2) is 12.4 Å². The zero-order valence-corrected chi connectivity index (χ0v) is 22.7. The molecule has 0 unspecified atom stereocenters. The number of ketones is 2. The number of nitrogens with one attached hydrogen (secondary N) is 1. The summed E-state index contributed by atoms with van der Waals surface area (Å²) in [7, 11) is 0. The smallest absolute Gasteiger partial charge is 0.306 e. The number of carbonyl (C=O) groups excluding carboxylic acids is 4. The highest BCUT2D eigenvalue weighted by atomic mass is 16.5. The van der Waals surface area contributed by atoms with Crippen LogP contribution < -0.4 is 5.32 Å². The summed E-state index contributed by atoms with van der Waals surface area (Å²) in [6.45, 7) is 8.02. The first kappa shape index (κ1) is 28.0. The molecule has 0 aromatic carbocycles. The van der Waals surface area contributed by atoms with Gasteiger partial charge in [-0.1, -0.05) is 33.3 Å². The first-order valence-electron chi connectivity index (χ1n) is 13.9. The van der Waals surface area contributed by atoms with Crippen molar-refractivity contribution in [3.63, 3.8) is 0 Å². The maximum absolute atomic E-state index is 13.3. The third-order valence-corrected chi connectivity index (χ3v) is 10.1. The number of carbonyl (C=O) groups is 4. The van der Waals surface area contributed by atoms with Crippen LogP contribution in [-0.2, 0) is 23.9 Å². The van der Waals surface area contributed by atoms with E-state index in [0.717, 1.165) is 24.8 Å². The van der Waals surface area contributed by atoms with Gasteiger partial charge in [0.25, 0.3) is 0 Å². The van der Waals surface area contributed by atoms with Crippen molar-refractivity contribution in [1.29, 1.82) is 0 Å². The van der Waals surface area contributed by atoms with E-state index < -0.39 is 35.5 Å². The predicted octanol–water partition coefficient (Wildman–Crippen LogP) is 2.88. The first-order chi connectivity index (χ1) is 17.3. The van der Waals surface area contributed by atoms with Crippen molar-refractivity contribution in [3.05, 3.63) is 11.6 Å². The molecule has 0 aliphatic heterocycles. The second-order valence-electron chi connectivity index (χ2n) is 12.8. The van der Waals surface area contributed by atoms with Gasteiger partial charge in [-0.3, -0.25) is 19.2 Å². The molecule has 0 saturated heterocycles. The molecule has 0 aromatic rings. The van der Waals surface area contributed by atoms with Crippen LogP contribution >= 0.6 is 0 Å². The molecule has 0 bridgehead atoms. The van der Waals surface area contributed by atoms with E-state index in [2.05, 4.69) is 12.2 Å². The van der Waals surface area contributed by atoms with Gasteiger partial charge < -0.3 is 20.3 Å². The molecule has 0 spiro atoms.